The molecule has 0 saturated carbocycles. The maximum Gasteiger partial charge on any atom is 0.289 e. The average molecular weight is 208 g/mol. The van der Waals surface area contributed by atoms with E-state index in [1.807, 2.05) is 18.2 Å². The van der Waals surface area contributed by atoms with Gasteiger partial charge >= 0.3 is 0 Å². The van der Waals surface area contributed by atoms with Crippen LogP contribution in [0.15, 0.2) is 30.3 Å². The van der Waals surface area contributed by atoms with Crippen LogP contribution in [-0.2, 0) is 14.2 Å². The summed E-state index contributed by atoms with van der Waals surface area (Å²) in [6.07, 6.45) is 0.922. The Morgan fingerprint density at radius 3 is 2.47 bits per heavy atom. The summed E-state index contributed by atoms with van der Waals surface area (Å²) in [5, 5.41) is 0. The molecular formula is C12H16O3. The Kier molecular flexibility index (Phi) is 3.05. The van der Waals surface area contributed by atoms with Crippen molar-refractivity contribution in [3.8, 4) is 0 Å². The van der Waals surface area contributed by atoms with Crippen molar-refractivity contribution >= 4 is 0 Å². The SMILES string of the molecule is COC1(OC)OCCC1c1ccccc1. The fourth-order valence-corrected chi connectivity index (χ4v) is 2.14. The van der Waals surface area contributed by atoms with Crippen LogP contribution in [-0.4, -0.2) is 26.8 Å². The summed E-state index contributed by atoms with van der Waals surface area (Å²) in [5.41, 5.74) is 1.19. The second-order valence-electron chi connectivity index (χ2n) is 3.61. The predicted octanol–water partition coefficient (Wildman–Crippen LogP) is 2.14. The zero-order valence-electron chi connectivity index (χ0n) is 9.10. The number of hydrogen-bond acceptors (Lipinski definition) is 3. The number of methoxy groups -OCH3 is 2. The third kappa shape index (κ3) is 1.78. The number of ether oxygens (including phenoxy) is 3. The van der Waals surface area contributed by atoms with Gasteiger partial charge in [0, 0.05) is 14.2 Å². The zero-order valence-corrected chi connectivity index (χ0v) is 9.10. The van der Waals surface area contributed by atoms with Gasteiger partial charge in [-0.05, 0) is 12.0 Å². The quantitative estimate of drug-likeness (QED) is 0.712. The van der Waals surface area contributed by atoms with Gasteiger partial charge in [-0.3, -0.25) is 0 Å². The third-order valence-corrected chi connectivity index (χ3v) is 2.91. The van der Waals surface area contributed by atoms with Crippen LogP contribution >= 0.6 is 0 Å². The van der Waals surface area contributed by atoms with E-state index in [2.05, 4.69) is 12.1 Å². The van der Waals surface area contributed by atoms with Gasteiger partial charge in [-0.1, -0.05) is 30.3 Å². The topological polar surface area (TPSA) is 27.7 Å². The lowest BCUT2D eigenvalue weighted by molar-refractivity contribution is -0.348. The lowest BCUT2D eigenvalue weighted by atomic mass is 9.95. The molecule has 1 fully saturated rings. The van der Waals surface area contributed by atoms with E-state index >= 15 is 0 Å². The lowest BCUT2D eigenvalue weighted by Crippen LogP contribution is -2.38. The van der Waals surface area contributed by atoms with E-state index in [4.69, 9.17) is 14.2 Å². The van der Waals surface area contributed by atoms with Gasteiger partial charge in [0.2, 0.25) is 0 Å². The van der Waals surface area contributed by atoms with Crippen LogP contribution in [0.5, 0.6) is 0 Å². The first-order valence-electron chi connectivity index (χ1n) is 5.11. The van der Waals surface area contributed by atoms with Crippen LogP contribution in [0.3, 0.4) is 0 Å². The molecule has 1 heterocycles. The minimum atomic E-state index is -0.901. The molecule has 15 heavy (non-hydrogen) atoms. The molecule has 82 valence electrons. The molecule has 0 radical (unpaired) electrons. The van der Waals surface area contributed by atoms with Gasteiger partial charge in [0.1, 0.15) is 0 Å². The monoisotopic (exact) mass is 208 g/mol. The molecule has 3 heteroatoms. The minimum Gasteiger partial charge on any atom is -0.330 e. The fourth-order valence-electron chi connectivity index (χ4n) is 2.14. The van der Waals surface area contributed by atoms with Crippen LogP contribution < -0.4 is 0 Å². The van der Waals surface area contributed by atoms with Crippen LogP contribution in [0, 0.1) is 0 Å². The summed E-state index contributed by atoms with van der Waals surface area (Å²) < 4.78 is 16.3. The Hall–Kier alpha value is -0.900. The Balaban J connectivity index is 2.29. The molecule has 1 aromatic rings. The maximum atomic E-state index is 5.56. The third-order valence-electron chi connectivity index (χ3n) is 2.91. The molecule has 0 aromatic heterocycles. The molecule has 1 aliphatic rings. The van der Waals surface area contributed by atoms with Crippen molar-refractivity contribution in [2.75, 3.05) is 20.8 Å². The predicted molar refractivity (Wildman–Crippen MR) is 56.5 cm³/mol. The van der Waals surface area contributed by atoms with Gasteiger partial charge < -0.3 is 14.2 Å². The molecule has 0 amide bonds. The van der Waals surface area contributed by atoms with Crippen molar-refractivity contribution in [3.05, 3.63) is 35.9 Å². The molecule has 1 atom stereocenters. The van der Waals surface area contributed by atoms with Crippen molar-refractivity contribution in [2.24, 2.45) is 0 Å². The van der Waals surface area contributed by atoms with E-state index in [9.17, 15) is 0 Å². The smallest absolute Gasteiger partial charge is 0.289 e. The molecule has 0 aliphatic carbocycles. The van der Waals surface area contributed by atoms with Crippen LogP contribution in [0.2, 0.25) is 0 Å². The highest BCUT2D eigenvalue weighted by atomic mass is 16.9. The van der Waals surface area contributed by atoms with Crippen LogP contribution in [0.4, 0.5) is 0 Å². The largest absolute Gasteiger partial charge is 0.330 e. The molecule has 1 aromatic carbocycles. The summed E-state index contributed by atoms with van der Waals surface area (Å²) in [7, 11) is 3.23. The summed E-state index contributed by atoms with van der Waals surface area (Å²) in [6.45, 7) is 0.668. The molecule has 1 unspecified atom stereocenters. The average Bonchev–Trinajstić information content (AvgIpc) is 2.74. The number of benzene rings is 1. The summed E-state index contributed by atoms with van der Waals surface area (Å²) in [4.78, 5) is 0. The summed E-state index contributed by atoms with van der Waals surface area (Å²) >= 11 is 0. The fraction of sp³-hybridized carbons (Fsp3) is 0.500. The highest BCUT2D eigenvalue weighted by molar-refractivity contribution is 5.22. The van der Waals surface area contributed by atoms with E-state index in [1.165, 1.54) is 5.56 Å². The van der Waals surface area contributed by atoms with E-state index in [0.29, 0.717) is 6.61 Å². The van der Waals surface area contributed by atoms with E-state index < -0.39 is 5.97 Å². The molecule has 2 rings (SSSR count). The Bertz CT molecular complexity index is 306. The molecule has 1 aliphatic heterocycles. The van der Waals surface area contributed by atoms with Gasteiger partial charge in [-0.25, -0.2) is 0 Å². The van der Waals surface area contributed by atoms with Crippen molar-refractivity contribution in [1.29, 1.82) is 0 Å². The van der Waals surface area contributed by atoms with Gasteiger partial charge in [0.25, 0.3) is 5.97 Å². The molecular weight excluding hydrogens is 192 g/mol. The number of rotatable bonds is 3. The molecule has 0 bridgehead atoms. The van der Waals surface area contributed by atoms with Gasteiger partial charge in [-0.2, -0.15) is 0 Å². The van der Waals surface area contributed by atoms with Crippen molar-refractivity contribution < 1.29 is 14.2 Å². The van der Waals surface area contributed by atoms with Crippen molar-refractivity contribution in [3.63, 3.8) is 0 Å². The lowest BCUT2D eigenvalue weighted by Gasteiger charge is -2.30. The van der Waals surface area contributed by atoms with E-state index in [-0.39, 0.29) is 5.92 Å². The van der Waals surface area contributed by atoms with E-state index in [0.717, 1.165) is 6.42 Å². The molecule has 0 N–H and O–H groups in total. The zero-order chi connectivity index (χ0) is 10.7. The minimum absolute atomic E-state index is 0.147. The maximum absolute atomic E-state index is 5.56. The first-order chi connectivity index (χ1) is 7.32. The Morgan fingerprint density at radius 2 is 1.87 bits per heavy atom. The summed E-state index contributed by atoms with van der Waals surface area (Å²) in [6, 6.07) is 10.2. The van der Waals surface area contributed by atoms with Crippen LogP contribution in [0.25, 0.3) is 0 Å². The second-order valence-corrected chi connectivity index (χ2v) is 3.61. The highest BCUT2D eigenvalue weighted by Crippen LogP contribution is 2.40. The van der Waals surface area contributed by atoms with Gasteiger partial charge in [0.05, 0.1) is 12.5 Å². The Labute approximate surface area is 90.0 Å². The second kappa shape index (κ2) is 4.31. The number of hydrogen-bond donors (Lipinski definition) is 0. The molecule has 1 saturated heterocycles. The van der Waals surface area contributed by atoms with Gasteiger partial charge in [0.15, 0.2) is 0 Å². The van der Waals surface area contributed by atoms with E-state index in [1.54, 1.807) is 14.2 Å². The van der Waals surface area contributed by atoms with Crippen molar-refractivity contribution in [1.82, 2.24) is 0 Å². The normalized spacial score (nSPS) is 24.3. The molecule has 3 nitrogen and oxygen atoms in total. The van der Waals surface area contributed by atoms with Crippen molar-refractivity contribution in [2.45, 2.75) is 18.3 Å². The Morgan fingerprint density at radius 1 is 1.20 bits per heavy atom. The highest BCUT2D eigenvalue weighted by Gasteiger charge is 2.46. The first-order valence-corrected chi connectivity index (χ1v) is 5.11. The van der Waals surface area contributed by atoms with Gasteiger partial charge in [-0.15, -0.1) is 0 Å². The van der Waals surface area contributed by atoms with Crippen LogP contribution in [0.1, 0.15) is 17.9 Å². The summed E-state index contributed by atoms with van der Waals surface area (Å²) in [5.74, 6) is -0.754. The molecule has 0 spiro atoms. The standard InChI is InChI=1S/C12H16O3/c1-13-12(14-2)11(8-9-15-12)10-6-4-3-5-7-10/h3-7,11H,8-9H2,1-2H3. The first kappa shape index (κ1) is 10.6.